The summed E-state index contributed by atoms with van der Waals surface area (Å²) in [5.41, 5.74) is 8.30. The molecule has 2 aromatic rings. The third-order valence-electron chi connectivity index (χ3n) is 3.33. The maximum atomic E-state index is 12.5. The molecule has 18 heavy (non-hydrogen) atoms. The lowest BCUT2D eigenvalue weighted by molar-refractivity contribution is 0.0982. The molecule has 0 fully saturated rings. The largest absolute Gasteiger partial charge is 0.383 e. The molecule has 92 valence electrons. The molecule has 0 spiro atoms. The van der Waals surface area contributed by atoms with Gasteiger partial charge in [-0.05, 0) is 25.0 Å². The Morgan fingerprint density at radius 3 is 3.00 bits per heavy atom. The van der Waals surface area contributed by atoms with E-state index in [4.69, 9.17) is 5.73 Å². The van der Waals surface area contributed by atoms with Crippen molar-refractivity contribution >= 4 is 17.4 Å². The topological polar surface area (TPSA) is 75.0 Å². The summed E-state index contributed by atoms with van der Waals surface area (Å²) >= 11 is 0. The van der Waals surface area contributed by atoms with E-state index >= 15 is 0 Å². The number of aromatic nitrogens is 2. The van der Waals surface area contributed by atoms with E-state index in [0.717, 1.165) is 12.1 Å². The number of hydrogen-bond donors (Lipinski definition) is 2. The van der Waals surface area contributed by atoms with Crippen molar-refractivity contribution in [3.8, 4) is 0 Å². The molecule has 5 heteroatoms. The molecule has 1 aliphatic rings. The fourth-order valence-corrected chi connectivity index (χ4v) is 2.47. The second-order valence-corrected chi connectivity index (χ2v) is 4.55. The van der Waals surface area contributed by atoms with E-state index in [1.807, 2.05) is 25.1 Å². The van der Waals surface area contributed by atoms with Crippen molar-refractivity contribution in [1.29, 1.82) is 0 Å². The molecule has 0 saturated heterocycles. The first kappa shape index (κ1) is 10.8. The summed E-state index contributed by atoms with van der Waals surface area (Å²) in [6.07, 6.45) is 2.35. The van der Waals surface area contributed by atoms with Crippen molar-refractivity contribution in [2.24, 2.45) is 0 Å². The van der Waals surface area contributed by atoms with Crippen LogP contribution >= 0.6 is 0 Å². The predicted octanol–water partition coefficient (Wildman–Crippen LogP) is 1.58. The molecule has 0 aliphatic carbocycles. The van der Waals surface area contributed by atoms with Crippen LogP contribution in [0.15, 0.2) is 30.5 Å². The molecule has 0 saturated carbocycles. The van der Waals surface area contributed by atoms with Gasteiger partial charge in [-0.2, -0.15) is 5.10 Å². The molecule has 5 nitrogen and oxygen atoms in total. The highest BCUT2D eigenvalue weighted by Crippen LogP contribution is 2.33. The van der Waals surface area contributed by atoms with Crippen LogP contribution in [0, 0.1) is 0 Å². The maximum Gasteiger partial charge on any atom is 0.263 e. The fraction of sp³-hybridized carbons (Fsp3) is 0.231. The second kappa shape index (κ2) is 3.87. The first-order chi connectivity index (χ1) is 8.68. The summed E-state index contributed by atoms with van der Waals surface area (Å²) in [5, 5.41) is 6.39. The molecule has 1 unspecified atom stereocenters. The van der Waals surface area contributed by atoms with Crippen LogP contribution in [0.3, 0.4) is 0 Å². The number of para-hydroxylation sites is 1. The van der Waals surface area contributed by atoms with Crippen molar-refractivity contribution in [2.45, 2.75) is 19.4 Å². The van der Waals surface area contributed by atoms with Gasteiger partial charge in [-0.3, -0.25) is 9.89 Å². The molecule has 3 N–H and O–H groups in total. The Balaban J connectivity index is 2.03. The SMILES string of the molecule is CC1Cc2ccccc2N1C(=O)c1cn[nH]c1N. The number of nitrogen functional groups attached to an aromatic ring is 1. The highest BCUT2D eigenvalue weighted by Gasteiger charge is 2.32. The molecule has 1 aliphatic heterocycles. The summed E-state index contributed by atoms with van der Waals surface area (Å²) in [7, 11) is 0. The number of anilines is 2. The molecule has 0 bridgehead atoms. The number of carbonyl (C=O) groups is 1. The minimum absolute atomic E-state index is 0.0984. The van der Waals surface area contributed by atoms with Gasteiger partial charge in [0, 0.05) is 11.7 Å². The van der Waals surface area contributed by atoms with Crippen molar-refractivity contribution < 1.29 is 4.79 Å². The van der Waals surface area contributed by atoms with E-state index in [1.54, 1.807) is 4.90 Å². The van der Waals surface area contributed by atoms with Gasteiger partial charge in [0.1, 0.15) is 11.4 Å². The number of rotatable bonds is 1. The van der Waals surface area contributed by atoms with E-state index in [9.17, 15) is 4.79 Å². The standard InChI is InChI=1S/C13H14N4O/c1-8-6-9-4-2-3-5-11(9)17(8)13(18)10-7-15-16-12(10)14/h2-5,7-8H,6H2,1H3,(H3,14,15,16). The summed E-state index contributed by atoms with van der Waals surface area (Å²) < 4.78 is 0. The van der Waals surface area contributed by atoms with Crippen LogP contribution in [0.1, 0.15) is 22.8 Å². The number of hydrogen-bond acceptors (Lipinski definition) is 3. The zero-order chi connectivity index (χ0) is 12.7. The Morgan fingerprint density at radius 1 is 1.50 bits per heavy atom. The fourth-order valence-electron chi connectivity index (χ4n) is 2.47. The number of aromatic amines is 1. The van der Waals surface area contributed by atoms with Gasteiger partial charge in [-0.15, -0.1) is 0 Å². The smallest absolute Gasteiger partial charge is 0.263 e. The number of carbonyl (C=O) groups excluding carboxylic acids is 1. The highest BCUT2D eigenvalue weighted by atomic mass is 16.2. The number of nitrogens with zero attached hydrogens (tertiary/aromatic N) is 2. The molecule has 1 aromatic heterocycles. The summed E-state index contributed by atoms with van der Waals surface area (Å²) in [6, 6.07) is 8.09. The number of amides is 1. The third kappa shape index (κ3) is 1.48. The molecular weight excluding hydrogens is 228 g/mol. The quantitative estimate of drug-likeness (QED) is 0.797. The average Bonchev–Trinajstić information content (AvgIpc) is 2.91. The molecule has 1 atom stereocenters. The van der Waals surface area contributed by atoms with Crippen LogP contribution in [-0.2, 0) is 6.42 Å². The summed E-state index contributed by atoms with van der Waals surface area (Å²) in [4.78, 5) is 14.3. The molecule has 2 heterocycles. The van der Waals surface area contributed by atoms with Crippen molar-refractivity contribution in [3.63, 3.8) is 0 Å². The van der Waals surface area contributed by atoms with Gasteiger partial charge in [0.05, 0.1) is 6.20 Å². The van der Waals surface area contributed by atoms with Gasteiger partial charge in [0.25, 0.3) is 5.91 Å². The highest BCUT2D eigenvalue weighted by molar-refractivity contribution is 6.10. The lowest BCUT2D eigenvalue weighted by Crippen LogP contribution is -2.35. The summed E-state index contributed by atoms with van der Waals surface area (Å²) in [5.74, 6) is 0.218. The third-order valence-corrected chi connectivity index (χ3v) is 3.33. The second-order valence-electron chi connectivity index (χ2n) is 4.55. The Hall–Kier alpha value is -2.30. The van der Waals surface area contributed by atoms with Crippen molar-refractivity contribution in [2.75, 3.05) is 10.6 Å². The maximum absolute atomic E-state index is 12.5. The molecule has 1 aromatic carbocycles. The Kier molecular flexibility index (Phi) is 2.33. The van der Waals surface area contributed by atoms with Gasteiger partial charge < -0.3 is 10.6 Å². The number of nitrogens with two attached hydrogens (primary N) is 1. The van der Waals surface area contributed by atoms with Crippen LogP contribution in [-0.4, -0.2) is 22.1 Å². The minimum Gasteiger partial charge on any atom is -0.383 e. The van der Waals surface area contributed by atoms with Gasteiger partial charge in [-0.25, -0.2) is 0 Å². The van der Waals surface area contributed by atoms with E-state index in [0.29, 0.717) is 11.4 Å². The van der Waals surface area contributed by atoms with Gasteiger partial charge >= 0.3 is 0 Å². The first-order valence-electron chi connectivity index (χ1n) is 5.89. The minimum atomic E-state index is -0.0984. The van der Waals surface area contributed by atoms with Crippen LogP contribution in [0.25, 0.3) is 0 Å². The Labute approximate surface area is 105 Å². The van der Waals surface area contributed by atoms with Crippen molar-refractivity contribution in [3.05, 3.63) is 41.6 Å². The van der Waals surface area contributed by atoms with Gasteiger partial charge in [-0.1, -0.05) is 18.2 Å². The first-order valence-corrected chi connectivity index (χ1v) is 5.89. The average molecular weight is 242 g/mol. The van der Waals surface area contributed by atoms with E-state index in [2.05, 4.69) is 16.3 Å². The lowest BCUT2D eigenvalue weighted by Gasteiger charge is -2.22. The molecule has 0 radical (unpaired) electrons. The Morgan fingerprint density at radius 2 is 2.28 bits per heavy atom. The number of benzene rings is 1. The van der Waals surface area contributed by atoms with E-state index in [1.165, 1.54) is 11.8 Å². The zero-order valence-electron chi connectivity index (χ0n) is 10.1. The Bertz CT molecular complexity index is 605. The van der Waals surface area contributed by atoms with Crippen LogP contribution in [0.2, 0.25) is 0 Å². The van der Waals surface area contributed by atoms with Crippen LogP contribution in [0.5, 0.6) is 0 Å². The zero-order valence-corrected chi connectivity index (χ0v) is 10.1. The van der Waals surface area contributed by atoms with Gasteiger partial charge in [0.2, 0.25) is 0 Å². The normalized spacial score (nSPS) is 17.8. The molecular formula is C13H14N4O. The van der Waals surface area contributed by atoms with Crippen LogP contribution < -0.4 is 10.6 Å². The van der Waals surface area contributed by atoms with Crippen LogP contribution in [0.4, 0.5) is 11.5 Å². The number of fused-ring (bicyclic) bond motifs is 1. The monoisotopic (exact) mass is 242 g/mol. The number of nitrogens with one attached hydrogen (secondary N) is 1. The lowest BCUT2D eigenvalue weighted by atomic mass is 10.1. The number of H-pyrrole nitrogens is 1. The summed E-state index contributed by atoms with van der Waals surface area (Å²) in [6.45, 7) is 2.04. The van der Waals surface area contributed by atoms with Gasteiger partial charge in [0.15, 0.2) is 0 Å². The molecule has 1 amide bonds. The predicted molar refractivity (Wildman–Crippen MR) is 69.4 cm³/mol. The van der Waals surface area contributed by atoms with E-state index < -0.39 is 0 Å². The molecule has 3 rings (SSSR count). The van der Waals surface area contributed by atoms with Crippen molar-refractivity contribution in [1.82, 2.24) is 10.2 Å². The van der Waals surface area contributed by atoms with E-state index in [-0.39, 0.29) is 11.9 Å².